The highest BCUT2D eigenvalue weighted by Gasteiger charge is 2.37. The molecule has 132 valence electrons. The number of nitrogens with one attached hydrogen (secondary N) is 1. The van der Waals surface area contributed by atoms with Crippen molar-refractivity contribution in [1.29, 1.82) is 0 Å². The van der Waals surface area contributed by atoms with Gasteiger partial charge in [0.25, 0.3) is 17.7 Å². The molecule has 0 saturated carbocycles. The van der Waals surface area contributed by atoms with E-state index < -0.39 is 6.10 Å². The van der Waals surface area contributed by atoms with Gasteiger partial charge in [-0.3, -0.25) is 19.3 Å². The molecule has 3 aliphatic rings. The Morgan fingerprint density at radius 2 is 1.84 bits per heavy atom. The van der Waals surface area contributed by atoms with Crippen molar-refractivity contribution in [3.63, 3.8) is 0 Å². The van der Waals surface area contributed by atoms with E-state index >= 15 is 0 Å². The van der Waals surface area contributed by atoms with Crippen molar-refractivity contribution in [1.82, 2.24) is 4.90 Å². The van der Waals surface area contributed by atoms with Crippen LogP contribution in [0.15, 0.2) is 18.2 Å². The van der Waals surface area contributed by atoms with E-state index in [2.05, 4.69) is 5.32 Å². The highest BCUT2D eigenvalue weighted by molar-refractivity contribution is 6.22. The third kappa shape index (κ3) is 3.05. The van der Waals surface area contributed by atoms with Crippen molar-refractivity contribution >= 4 is 23.4 Å². The van der Waals surface area contributed by atoms with Gasteiger partial charge in [0.2, 0.25) is 0 Å². The van der Waals surface area contributed by atoms with Gasteiger partial charge >= 0.3 is 0 Å². The summed E-state index contributed by atoms with van der Waals surface area (Å²) in [5.74, 6) is -0.846. The molecule has 0 aliphatic carbocycles. The summed E-state index contributed by atoms with van der Waals surface area (Å²) in [4.78, 5) is 38.5. The van der Waals surface area contributed by atoms with Crippen LogP contribution >= 0.6 is 0 Å². The summed E-state index contributed by atoms with van der Waals surface area (Å²) < 4.78 is 10.9. The van der Waals surface area contributed by atoms with Crippen LogP contribution < -0.4 is 5.32 Å². The minimum absolute atomic E-state index is 0.0825. The molecule has 2 atom stereocenters. The average Bonchev–Trinajstić information content (AvgIpc) is 3.34. The summed E-state index contributed by atoms with van der Waals surface area (Å²) in [5, 5.41) is 2.77. The van der Waals surface area contributed by atoms with Gasteiger partial charge in [0, 0.05) is 18.9 Å². The molecule has 7 nitrogen and oxygen atoms in total. The quantitative estimate of drug-likeness (QED) is 0.838. The smallest absolute Gasteiger partial charge is 0.261 e. The van der Waals surface area contributed by atoms with E-state index in [1.807, 2.05) is 0 Å². The number of imide groups is 1. The number of ether oxygens (including phenoxy) is 2. The third-order valence-corrected chi connectivity index (χ3v) is 4.87. The Balaban J connectivity index is 1.49. The first kappa shape index (κ1) is 16.2. The monoisotopic (exact) mass is 344 g/mol. The van der Waals surface area contributed by atoms with Crippen molar-refractivity contribution in [2.45, 2.75) is 37.9 Å². The van der Waals surface area contributed by atoms with Crippen molar-refractivity contribution in [3.05, 3.63) is 29.3 Å². The normalized spacial score (nSPS) is 25.5. The van der Waals surface area contributed by atoms with Gasteiger partial charge in [-0.15, -0.1) is 0 Å². The molecule has 1 aromatic carbocycles. The summed E-state index contributed by atoms with van der Waals surface area (Å²) in [6.45, 7) is 1.55. The molecule has 1 N–H and O–H groups in total. The second kappa shape index (κ2) is 6.57. The summed E-state index contributed by atoms with van der Waals surface area (Å²) in [7, 11) is 0. The number of fused-ring (bicyclic) bond motifs is 1. The maximum atomic E-state index is 12.6. The van der Waals surface area contributed by atoms with Gasteiger partial charge in [0.05, 0.1) is 23.8 Å². The largest absolute Gasteiger partial charge is 0.376 e. The average molecular weight is 344 g/mol. The SMILES string of the molecule is O=C(Nc1ccc2c(c1)C(=O)N(C[C@H]1CCCO1)C2=O)[C@H]1CCCO1. The fourth-order valence-electron chi connectivity index (χ4n) is 3.53. The molecule has 1 aromatic rings. The number of carbonyl (C=O) groups is 3. The Bertz CT molecular complexity index is 720. The molecule has 0 spiro atoms. The van der Waals surface area contributed by atoms with Gasteiger partial charge < -0.3 is 14.8 Å². The van der Waals surface area contributed by atoms with Crippen molar-refractivity contribution in [3.8, 4) is 0 Å². The van der Waals surface area contributed by atoms with Crippen LogP contribution in [0.25, 0.3) is 0 Å². The lowest BCUT2D eigenvalue weighted by Gasteiger charge is -2.17. The number of carbonyl (C=O) groups excluding carboxylic acids is 3. The maximum absolute atomic E-state index is 12.6. The van der Waals surface area contributed by atoms with Crippen LogP contribution in [0.2, 0.25) is 0 Å². The number of hydrogen-bond acceptors (Lipinski definition) is 5. The number of benzene rings is 1. The fraction of sp³-hybridized carbons (Fsp3) is 0.500. The Kier molecular flexibility index (Phi) is 4.27. The fourth-order valence-corrected chi connectivity index (χ4v) is 3.53. The van der Waals surface area contributed by atoms with Crippen molar-refractivity contribution in [2.24, 2.45) is 0 Å². The van der Waals surface area contributed by atoms with Crippen molar-refractivity contribution < 1.29 is 23.9 Å². The molecule has 0 bridgehead atoms. The molecule has 2 fully saturated rings. The molecule has 3 aliphatic heterocycles. The van der Waals surface area contributed by atoms with Crippen LogP contribution in [0, 0.1) is 0 Å². The predicted molar refractivity (Wildman–Crippen MR) is 88.4 cm³/mol. The third-order valence-electron chi connectivity index (χ3n) is 4.87. The Labute approximate surface area is 145 Å². The first-order valence-corrected chi connectivity index (χ1v) is 8.68. The lowest BCUT2D eigenvalue weighted by atomic mass is 10.1. The summed E-state index contributed by atoms with van der Waals surface area (Å²) in [6.07, 6.45) is 2.85. The summed E-state index contributed by atoms with van der Waals surface area (Å²) in [5.41, 5.74) is 1.20. The molecule has 2 saturated heterocycles. The van der Waals surface area contributed by atoms with E-state index in [9.17, 15) is 14.4 Å². The molecular formula is C18H20N2O5. The van der Waals surface area contributed by atoms with Gasteiger partial charge in [-0.05, 0) is 43.9 Å². The minimum atomic E-state index is -0.443. The molecule has 4 rings (SSSR count). The van der Waals surface area contributed by atoms with E-state index in [0.29, 0.717) is 36.4 Å². The zero-order valence-electron chi connectivity index (χ0n) is 13.8. The van der Waals surface area contributed by atoms with Crippen LogP contribution in [0.3, 0.4) is 0 Å². The molecule has 0 aromatic heterocycles. The van der Waals surface area contributed by atoms with E-state index in [-0.39, 0.29) is 30.4 Å². The summed E-state index contributed by atoms with van der Waals surface area (Å²) >= 11 is 0. The van der Waals surface area contributed by atoms with Gasteiger partial charge in [-0.2, -0.15) is 0 Å². The van der Waals surface area contributed by atoms with Crippen LogP contribution in [0.5, 0.6) is 0 Å². The van der Waals surface area contributed by atoms with Crippen LogP contribution in [0.4, 0.5) is 5.69 Å². The van der Waals surface area contributed by atoms with E-state index in [4.69, 9.17) is 9.47 Å². The highest BCUT2D eigenvalue weighted by Crippen LogP contribution is 2.28. The Hall–Kier alpha value is -2.25. The molecule has 0 unspecified atom stereocenters. The van der Waals surface area contributed by atoms with Gasteiger partial charge in [0.15, 0.2) is 0 Å². The number of amides is 3. The molecule has 7 heteroatoms. The van der Waals surface area contributed by atoms with E-state index in [1.54, 1.807) is 18.2 Å². The number of rotatable bonds is 4. The maximum Gasteiger partial charge on any atom is 0.261 e. The first-order chi connectivity index (χ1) is 12.1. The van der Waals surface area contributed by atoms with E-state index in [0.717, 1.165) is 19.3 Å². The molecular weight excluding hydrogens is 324 g/mol. The zero-order chi connectivity index (χ0) is 17.4. The van der Waals surface area contributed by atoms with Crippen LogP contribution in [-0.4, -0.2) is 54.6 Å². The lowest BCUT2D eigenvalue weighted by molar-refractivity contribution is -0.124. The standard InChI is InChI=1S/C18H20N2O5/c21-16(15-4-2-8-25-15)19-11-5-6-13-14(9-11)18(23)20(17(13)22)10-12-3-1-7-24-12/h5-6,9,12,15H,1-4,7-8,10H2,(H,19,21)/t12-,15-/m1/s1. The highest BCUT2D eigenvalue weighted by atomic mass is 16.5. The summed E-state index contributed by atoms with van der Waals surface area (Å²) in [6, 6.07) is 4.81. The molecule has 3 amide bonds. The van der Waals surface area contributed by atoms with Gasteiger partial charge in [0.1, 0.15) is 6.10 Å². The zero-order valence-corrected chi connectivity index (χ0v) is 13.8. The Morgan fingerprint density at radius 1 is 1.08 bits per heavy atom. The predicted octanol–water partition coefficient (Wildman–Crippen LogP) is 1.58. The van der Waals surface area contributed by atoms with Crippen LogP contribution in [-0.2, 0) is 14.3 Å². The topological polar surface area (TPSA) is 84.9 Å². The van der Waals surface area contributed by atoms with Crippen molar-refractivity contribution in [2.75, 3.05) is 25.1 Å². The second-order valence-corrected chi connectivity index (χ2v) is 6.61. The van der Waals surface area contributed by atoms with Crippen LogP contribution in [0.1, 0.15) is 46.4 Å². The van der Waals surface area contributed by atoms with E-state index in [1.165, 1.54) is 4.90 Å². The molecule has 25 heavy (non-hydrogen) atoms. The second-order valence-electron chi connectivity index (χ2n) is 6.61. The first-order valence-electron chi connectivity index (χ1n) is 8.68. The van der Waals surface area contributed by atoms with Gasteiger partial charge in [-0.25, -0.2) is 0 Å². The number of nitrogens with zero attached hydrogens (tertiary/aromatic N) is 1. The Morgan fingerprint density at radius 3 is 2.56 bits per heavy atom. The molecule has 0 radical (unpaired) electrons. The number of anilines is 1. The lowest BCUT2D eigenvalue weighted by Crippen LogP contribution is -2.36. The molecule has 3 heterocycles. The minimum Gasteiger partial charge on any atom is -0.376 e. The van der Waals surface area contributed by atoms with Gasteiger partial charge in [-0.1, -0.05) is 0 Å². The number of hydrogen-bond donors (Lipinski definition) is 1.